The van der Waals surface area contributed by atoms with Crippen LogP contribution in [0.25, 0.3) is 0 Å². The average molecular weight is 188 g/mol. The van der Waals surface area contributed by atoms with Gasteiger partial charge in [-0.15, -0.1) is 0 Å². The third-order valence-corrected chi connectivity index (χ3v) is 1.36. The van der Waals surface area contributed by atoms with Crippen LogP contribution >= 0.6 is 0 Å². The van der Waals surface area contributed by atoms with Gasteiger partial charge in [0.15, 0.2) is 0 Å². The molecule has 4 nitrogen and oxygen atoms in total. The maximum Gasteiger partial charge on any atom is 0.323 e. The van der Waals surface area contributed by atoms with Crippen molar-refractivity contribution in [3.05, 3.63) is 0 Å². The maximum absolute atomic E-state index is 11.3. The molecule has 0 aromatic carbocycles. The van der Waals surface area contributed by atoms with E-state index >= 15 is 0 Å². The first kappa shape index (κ1) is 12.4. The SMILES string of the molecule is CC(NCCN)C(=O)OC(C)(C)C. The molecular weight excluding hydrogens is 168 g/mol. The molecule has 0 saturated heterocycles. The summed E-state index contributed by atoms with van der Waals surface area (Å²) in [4.78, 5) is 11.3. The van der Waals surface area contributed by atoms with Crippen LogP contribution in [0.3, 0.4) is 0 Å². The lowest BCUT2D eigenvalue weighted by atomic mass is 10.2. The highest BCUT2D eigenvalue weighted by Crippen LogP contribution is 2.07. The Hall–Kier alpha value is -0.610. The number of nitrogens with two attached hydrogens (primary N) is 1. The highest BCUT2D eigenvalue weighted by molar-refractivity contribution is 5.75. The van der Waals surface area contributed by atoms with Gasteiger partial charge in [0.2, 0.25) is 0 Å². The lowest BCUT2D eigenvalue weighted by Gasteiger charge is -2.22. The Morgan fingerprint density at radius 2 is 2.08 bits per heavy atom. The average Bonchev–Trinajstić information content (AvgIpc) is 1.96. The second kappa shape index (κ2) is 5.19. The first-order chi connectivity index (χ1) is 5.87. The predicted octanol–water partition coefficient (Wildman–Crippen LogP) is 0.265. The summed E-state index contributed by atoms with van der Waals surface area (Å²) in [6, 6.07) is -0.289. The van der Waals surface area contributed by atoms with Crippen molar-refractivity contribution in [1.29, 1.82) is 0 Å². The van der Waals surface area contributed by atoms with Gasteiger partial charge < -0.3 is 15.8 Å². The van der Waals surface area contributed by atoms with Crippen LogP contribution in [0, 0.1) is 0 Å². The number of nitrogens with one attached hydrogen (secondary N) is 1. The maximum atomic E-state index is 11.3. The summed E-state index contributed by atoms with van der Waals surface area (Å²) in [7, 11) is 0. The number of esters is 1. The zero-order valence-electron chi connectivity index (χ0n) is 8.89. The molecule has 0 aliphatic heterocycles. The third-order valence-electron chi connectivity index (χ3n) is 1.36. The second-order valence-electron chi connectivity index (χ2n) is 4.00. The number of rotatable bonds is 4. The van der Waals surface area contributed by atoms with E-state index in [0.717, 1.165) is 0 Å². The quantitative estimate of drug-likeness (QED) is 0.621. The number of hydrogen-bond acceptors (Lipinski definition) is 4. The molecule has 0 heterocycles. The van der Waals surface area contributed by atoms with E-state index < -0.39 is 5.60 Å². The summed E-state index contributed by atoms with van der Waals surface area (Å²) in [5, 5.41) is 2.96. The minimum absolute atomic E-state index is 0.235. The molecular formula is C9H20N2O2. The fourth-order valence-corrected chi connectivity index (χ4v) is 0.773. The van der Waals surface area contributed by atoms with Gasteiger partial charge in [0, 0.05) is 13.1 Å². The van der Waals surface area contributed by atoms with Gasteiger partial charge in [0.1, 0.15) is 11.6 Å². The van der Waals surface area contributed by atoms with Gasteiger partial charge in [-0.2, -0.15) is 0 Å². The number of hydrogen-bond donors (Lipinski definition) is 2. The van der Waals surface area contributed by atoms with Crippen LogP contribution in [-0.4, -0.2) is 30.7 Å². The van der Waals surface area contributed by atoms with Crippen LogP contribution in [0.4, 0.5) is 0 Å². The molecule has 0 aliphatic carbocycles. The standard InChI is InChI=1S/C9H20N2O2/c1-7(11-6-5-10)8(12)13-9(2,3)4/h7,11H,5-6,10H2,1-4H3. The normalized spacial score (nSPS) is 13.9. The largest absolute Gasteiger partial charge is 0.459 e. The second-order valence-corrected chi connectivity index (χ2v) is 4.00. The molecule has 0 spiro atoms. The number of ether oxygens (including phenoxy) is 1. The molecule has 0 saturated carbocycles. The molecule has 0 aliphatic rings. The van der Waals surface area contributed by atoms with E-state index in [1.165, 1.54) is 0 Å². The summed E-state index contributed by atoms with van der Waals surface area (Å²) < 4.78 is 5.15. The Bertz CT molecular complexity index is 163. The van der Waals surface area contributed by atoms with Crippen molar-refractivity contribution < 1.29 is 9.53 Å². The fourth-order valence-electron chi connectivity index (χ4n) is 0.773. The van der Waals surface area contributed by atoms with Crippen molar-refractivity contribution >= 4 is 5.97 Å². The van der Waals surface area contributed by atoms with Crippen LogP contribution in [0.15, 0.2) is 0 Å². The van der Waals surface area contributed by atoms with E-state index in [4.69, 9.17) is 10.5 Å². The summed E-state index contributed by atoms with van der Waals surface area (Å²) in [6.45, 7) is 8.46. The molecule has 0 radical (unpaired) electrons. The van der Waals surface area contributed by atoms with Gasteiger partial charge in [-0.25, -0.2) is 0 Å². The fraction of sp³-hybridized carbons (Fsp3) is 0.889. The molecule has 1 unspecified atom stereocenters. The Kier molecular flexibility index (Phi) is 4.95. The van der Waals surface area contributed by atoms with E-state index in [9.17, 15) is 4.79 Å². The molecule has 0 aromatic heterocycles. The van der Waals surface area contributed by atoms with Gasteiger partial charge in [0.05, 0.1) is 0 Å². The Balaban J connectivity index is 3.83. The van der Waals surface area contributed by atoms with Gasteiger partial charge in [-0.3, -0.25) is 4.79 Å². The molecule has 0 amide bonds. The molecule has 3 N–H and O–H groups in total. The molecule has 4 heteroatoms. The molecule has 0 aromatic rings. The van der Waals surface area contributed by atoms with Crippen LogP contribution in [-0.2, 0) is 9.53 Å². The molecule has 78 valence electrons. The number of carbonyl (C=O) groups is 1. The van der Waals surface area contributed by atoms with Gasteiger partial charge >= 0.3 is 5.97 Å². The summed E-state index contributed by atoms with van der Waals surface area (Å²) >= 11 is 0. The van der Waals surface area contributed by atoms with Crippen molar-refractivity contribution in [2.75, 3.05) is 13.1 Å². The third kappa shape index (κ3) is 6.54. The molecule has 0 bridgehead atoms. The number of carbonyl (C=O) groups excluding carboxylic acids is 1. The minimum Gasteiger partial charge on any atom is -0.459 e. The Morgan fingerprint density at radius 1 is 1.54 bits per heavy atom. The van der Waals surface area contributed by atoms with Gasteiger partial charge in [0.25, 0.3) is 0 Å². The van der Waals surface area contributed by atoms with E-state index in [-0.39, 0.29) is 12.0 Å². The van der Waals surface area contributed by atoms with Crippen LogP contribution in [0.2, 0.25) is 0 Å². The van der Waals surface area contributed by atoms with Crippen LogP contribution in [0.1, 0.15) is 27.7 Å². The monoisotopic (exact) mass is 188 g/mol. The zero-order chi connectivity index (χ0) is 10.5. The van der Waals surface area contributed by atoms with Crippen molar-refractivity contribution in [1.82, 2.24) is 5.32 Å². The van der Waals surface area contributed by atoms with Crippen molar-refractivity contribution in [2.45, 2.75) is 39.3 Å². The van der Waals surface area contributed by atoms with Crippen molar-refractivity contribution in [3.63, 3.8) is 0 Å². The lowest BCUT2D eigenvalue weighted by Crippen LogP contribution is -2.41. The molecule has 13 heavy (non-hydrogen) atoms. The highest BCUT2D eigenvalue weighted by Gasteiger charge is 2.20. The van der Waals surface area contributed by atoms with E-state index in [1.807, 2.05) is 20.8 Å². The Labute approximate surface area is 79.8 Å². The summed E-state index contributed by atoms with van der Waals surface area (Å²) in [5.41, 5.74) is 4.87. The van der Waals surface area contributed by atoms with Crippen molar-refractivity contribution in [3.8, 4) is 0 Å². The predicted molar refractivity (Wildman–Crippen MR) is 52.4 cm³/mol. The molecule has 0 fully saturated rings. The zero-order valence-corrected chi connectivity index (χ0v) is 8.89. The van der Waals surface area contributed by atoms with Gasteiger partial charge in [-0.05, 0) is 27.7 Å². The van der Waals surface area contributed by atoms with E-state index in [2.05, 4.69) is 5.32 Å². The van der Waals surface area contributed by atoms with Crippen LogP contribution < -0.4 is 11.1 Å². The Morgan fingerprint density at radius 3 is 2.46 bits per heavy atom. The topological polar surface area (TPSA) is 64.3 Å². The highest BCUT2D eigenvalue weighted by atomic mass is 16.6. The summed E-state index contributed by atoms with van der Waals surface area (Å²) in [6.07, 6.45) is 0. The smallest absolute Gasteiger partial charge is 0.323 e. The summed E-state index contributed by atoms with van der Waals surface area (Å²) in [5.74, 6) is -0.235. The first-order valence-electron chi connectivity index (χ1n) is 4.53. The lowest BCUT2D eigenvalue weighted by molar-refractivity contribution is -0.156. The van der Waals surface area contributed by atoms with E-state index in [0.29, 0.717) is 13.1 Å². The minimum atomic E-state index is -0.421. The molecule has 0 rings (SSSR count). The molecule has 1 atom stereocenters. The first-order valence-corrected chi connectivity index (χ1v) is 4.53. The van der Waals surface area contributed by atoms with Crippen LogP contribution in [0.5, 0.6) is 0 Å². The van der Waals surface area contributed by atoms with E-state index in [1.54, 1.807) is 6.92 Å². The van der Waals surface area contributed by atoms with Gasteiger partial charge in [-0.1, -0.05) is 0 Å². The van der Waals surface area contributed by atoms with Crippen molar-refractivity contribution in [2.24, 2.45) is 5.73 Å².